The first-order chi connectivity index (χ1) is 6.72. The molecular formula is C11H12ClNO. The van der Waals surface area contributed by atoms with Gasteiger partial charge in [-0.3, -0.25) is 0 Å². The van der Waals surface area contributed by atoms with Gasteiger partial charge in [0.1, 0.15) is 5.52 Å². The zero-order chi connectivity index (χ0) is 10.1. The highest BCUT2D eigenvalue weighted by Gasteiger charge is 2.12. The van der Waals surface area contributed by atoms with E-state index in [0.717, 1.165) is 17.8 Å². The normalized spacial score (nSPS) is 13.4. The van der Waals surface area contributed by atoms with Crippen molar-refractivity contribution in [2.24, 2.45) is 0 Å². The highest BCUT2D eigenvalue weighted by atomic mass is 35.5. The molecule has 1 atom stereocenters. The molecule has 0 spiro atoms. The van der Waals surface area contributed by atoms with Gasteiger partial charge in [0, 0.05) is 5.92 Å². The van der Waals surface area contributed by atoms with Crippen molar-refractivity contribution in [1.82, 2.24) is 4.98 Å². The van der Waals surface area contributed by atoms with Crippen molar-refractivity contribution in [2.45, 2.75) is 26.2 Å². The van der Waals surface area contributed by atoms with Crippen molar-refractivity contribution in [3.05, 3.63) is 29.1 Å². The third kappa shape index (κ3) is 1.50. The standard InChI is InChI=1S/C11H12ClNO/c1-3-7(2)11-13-9-6-4-5-8(12)10(9)14-11/h4-7H,3H2,1-2H3. The van der Waals surface area contributed by atoms with Gasteiger partial charge in [0.25, 0.3) is 0 Å². The van der Waals surface area contributed by atoms with Crippen LogP contribution in [0.2, 0.25) is 5.02 Å². The number of oxazole rings is 1. The molecule has 0 N–H and O–H groups in total. The van der Waals surface area contributed by atoms with Crippen LogP contribution in [0.4, 0.5) is 0 Å². The molecule has 74 valence electrons. The molecule has 0 aliphatic heterocycles. The molecule has 2 nitrogen and oxygen atoms in total. The second-order valence-corrected chi connectivity index (χ2v) is 3.86. The third-order valence-corrected chi connectivity index (χ3v) is 2.72. The molecule has 0 aliphatic carbocycles. The van der Waals surface area contributed by atoms with Crippen LogP contribution in [0.1, 0.15) is 32.1 Å². The summed E-state index contributed by atoms with van der Waals surface area (Å²) in [5.74, 6) is 1.12. The lowest BCUT2D eigenvalue weighted by molar-refractivity contribution is 0.479. The monoisotopic (exact) mass is 209 g/mol. The molecule has 0 saturated carbocycles. The lowest BCUT2D eigenvalue weighted by atomic mass is 10.1. The smallest absolute Gasteiger partial charge is 0.198 e. The summed E-state index contributed by atoms with van der Waals surface area (Å²) in [5, 5.41) is 0.629. The highest BCUT2D eigenvalue weighted by molar-refractivity contribution is 6.34. The predicted octanol–water partition coefficient (Wildman–Crippen LogP) is 3.99. The van der Waals surface area contributed by atoms with E-state index in [1.54, 1.807) is 0 Å². The van der Waals surface area contributed by atoms with E-state index in [2.05, 4.69) is 18.8 Å². The number of hydrogen-bond acceptors (Lipinski definition) is 2. The van der Waals surface area contributed by atoms with Crippen molar-refractivity contribution in [2.75, 3.05) is 0 Å². The van der Waals surface area contributed by atoms with Crippen LogP contribution in [0.25, 0.3) is 11.1 Å². The van der Waals surface area contributed by atoms with E-state index in [9.17, 15) is 0 Å². The minimum absolute atomic E-state index is 0.346. The zero-order valence-electron chi connectivity index (χ0n) is 8.25. The van der Waals surface area contributed by atoms with Crippen LogP contribution in [0.5, 0.6) is 0 Å². The highest BCUT2D eigenvalue weighted by Crippen LogP contribution is 2.27. The van der Waals surface area contributed by atoms with Crippen LogP contribution in [0.3, 0.4) is 0 Å². The number of halogens is 1. The van der Waals surface area contributed by atoms with E-state index < -0.39 is 0 Å². The van der Waals surface area contributed by atoms with E-state index in [1.165, 1.54) is 0 Å². The van der Waals surface area contributed by atoms with Gasteiger partial charge in [-0.2, -0.15) is 0 Å². The number of para-hydroxylation sites is 1. The molecule has 1 heterocycles. The summed E-state index contributed by atoms with van der Waals surface area (Å²) >= 11 is 5.98. The lowest BCUT2D eigenvalue weighted by Gasteiger charge is -1.99. The van der Waals surface area contributed by atoms with Crippen molar-refractivity contribution < 1.29 is 4.42 Å². The average Bonchev–Trinajstić information content (AvgIpc) is 2.62. The largest absolute Gasteiger partial charge is 0.439 e. The summed E-state index contributed by atoms with van der Waals surface area (Å²) in [6.45, 7) is 4.21. The maximum atomic E-state index is 5.98. The van der Waals surface area contributed by atoms with Crippen molar-refractivity contribution in [1.29, 1.82) is 0 Å². The van der Waals surface area contributed by atoms with E-state index in [-0.39, 0.29) is 0 Å². The Morgan fingerprint density at radius 3 is 2.93 bits per heavy atom. The van der Waals surface area contributed by atoms with Gasteiger partial charge in [-0.1, -0.05) is 31.5 Å². The first kappa shape index (κ1) is 9.53. The van der Waals surface area contributed by atoms with Gasteiger partial charge in [0.2, 0.25) is 0 Å². The minimum Gasteiger partial charge on any atom is -0.439 e. The first-order valence-corrected chi connectivity index (χ1v) is 5.15. The molecule has 0 bridgehead atoms. The first-order valence-electron chi connectivity index (χ1n) is 4.77. The SMILES string of the molecule is CCC(C)c1nc2cccc(Cl)c2o1. The fraction of sp³-hybridized carbons (Fsp3) is 0.364. The molecule has 1 aromatic heterocycles. The molecule has 1 unspecified atom stereocenters. The molecule has 3 heteroatoms. The molecule has 14 heavy (non-hydrogen) atoms. The Balaban J connectivity index is 2.56. The van der Waals surface area contributed by atoms with Crippen LogP contribution in [-0.4, -0.2) is 4.98 Å². The third-order valence-electron chi connectivity index (χ3n) is 2.42. The molecule has 2 aromatic rings. The zero-order valence-corrected chi connectivity index (χ0v) is 9.01. The summed E-state index contributed by atoms with van der Waals surface area (Å²) in [6, 6.07) is 5.61. The van der Waals surface area contributed by atoms with Crippen LogP contribution >= 0.6 is 11.6 Å². The molecule has 0 radical (unpaired) electrons. The van der Waals surface area contributed by atoms with Crippen molar-refractivity contribution in [3.63, 3.8) is 0 Å². The predicted molar refractivity (Wildman–Crippen MR) is 57.7 cm³/mol. The number of nitrogens with zero attached hydrogens (tertiary/aromatic N) is 1. The second-order valence-electron chi connectivity index (χ2n) is 3.45. The van der Waals surface area contributed by atoms with Gasteiger partial charge in [-0.05, 0) is 18.6 Å². The Labute approximate surface area is 87.9 Å². The van der Waals surface area contributed by atoms with Gasteiger partial charge >= 0.3 is 0 Å². The van der Waals surface area contributed by atoms with Crippen LogP contribution in [-0.2, 0) is 0 Å². The van der Waals surface area contributed by atoms with Crippen LogP contribution in [0.15, 0.2) is 22.6 Å². The Morgan fingerprint density at radius 1 is 1.50 bits per heavy atom. The Hall–Kier alpha value is -1.02. The van der Waals surface area contributed by atoms with Gasteiger partial charge in [-0.25, -0.2) is 4.98 Å². The van der Waals surface area contributed by atoms with E-state index in [1.807, 2.05) is 18.2 Å². The molecule has 2 rings (SSSR count). The molecule has 1 aromatic carbocycles. The quantitative estimate of drug-likeness (QED) is 0.748. The molecule has 0 fully saturated rings. The van der Waals surface area contributed by atoms with Crippen molar-refractivity contribution >= 4 is 22.7 Å². The molecule has 0 saturated heterocycles. The van der Waals surface area contributed by atoms with E-state index in [0.29, 0.717) is 16.5 Å². The number of hydrogen-bond donors (Lipinski definition) is 0. The van der Waals surface area contributed by atoms with Crippen LogP contribution in [0, 0.1) is 0 Å². The topological polar surface area (TPSA) is 26.0 Å². The Bertz CT molecular complexity index is 449. The minimum atomic E-state index is 0.346. The maximum absolute atomic E-state index is 5.98. The summed E-state index contributed by atoms with van der Waals surface area (Å²) in [6.07, 6.45) is 1.02. The van der Waals surface area contributed by atoms with E-state index in [4.69, 9.17) is 16.0 Å². The summed E-state index contributed by atoms with van der Waals surface area (Å²) in [4.78, 5) is 4.39. The van der Waals surface area contributed by atoms with Gasteiger partial charge < -0.3 is 4.42 Å². The number of benzene rings is 1. The second kappa shape index (κ2) is 3.62. The number of fused-ring (bicyclic) bond motifs is 1. The van der Waals surface area contributed by atoms with Crippen LogP contribution < -0.4 is 0 Å². The van der Waals surface area contributed by atoms with E-state index >= 15 is 0 Å². The van der Waals surface area contributed by atoms with Gasteiger partial charge in [0.05, 0.1) is 5.02 Å². The molecule has 0 amide bonds. The maximum Gasteiger partial charge on any atom is 0.198 e. The fourth-order valence-corrected chi connectivity index (χ4v) is 1.53. The van der Waals surface area contributed by atoms with Gasteiger partial charge in [0.15, 0.2) is 11.5 Å². The lowest BCUT2D eigenvalue weighted by Crippen LogP contribution is -1.89. The fourth-order valence-electron chi connectivity index (χ4n) is 1.32. The number of aromatic nitrogens is 1. The molecular weight excluding hydrogens is 198 g/mol. The Morgan fingerprint density at radius 2 is 2.29 bits per heavy atom. The summed E-state index contributed by atoms with van der Waals surface area (Å²) in [5.41, 5.74) is 1.54. The number of rotatable bonds is 2. The molecule has 0 aliphatic rings. The average molecular weight is 210 g/mol. The summed E-state index contributed by atoms with van der Waals surface area (Å²) < 4.78 is 5.61. The van der Waals surface area contributed by atoms with Crippen molar-refractivity contribution in [3.8, 4) is 0 Å². The Kier molecular flexibility index (Phi) is 2.46. The van der Waals surface area contributed by atoms with Gasteiger partial charge in [-0.15, -0.1) is 0 Å². The summed E-state index contributed by atoms with van der Waals surface area (Å²) in [7, 11) is 0.